The van der Waals surface area contributed by atoms with Crippen LogP contribution < -0.4 is 0 Å². The van der Waals surface area contributed by atoms with Gasteiger partial charge in [0.15, 0.2) is 0 Å². The summed E-state index contributed by atoms with van der Waals surface area (Å²) in [6.07, 6.45) is 0. The fourth-order valence-electron chi connectivity index (χ4n) is 8.46. The van der Waals surface area contributed by atoms with Crippen LogP contribution in [0.5, 0.6) is 0 Å². The van der Waals surface area contributed by atoms with E-state index in [4.69, 9.17) is 9.97 Å². The summed E-state index contributed by atoms with van der Waals surface area (Å²) in [7, 11) is 0. The zero-order valence-corrected chi connectivity index (χ0v) is 33.3. The minimum absolute atomic E-state index is 1.01. The number of hydrogen-bond donors (Lipinski definition) is 0. The van der Waals surface area contributed by atoms with Gasteiger partial charge in [0.05, 0.1) is 31.5 Å². The Balaban J connectivity index is 1.00. The Hall–Kier alpha value is -7.18. The second-order valence-corrected chi connectivity index (χ2v) is 17.1. The molecule has 0 aliphatic rings. The van der Waals surface area contributed by atoms with Gasteiger partial charge in [-0.25, -0.2) is 9.97 Å². The van der Waals surface area contributed by atoms with Crippen LogP contribution in [0.2, 0.25) is 0 Å². The molecule has 0 radical (unpaired) electrons. The molecule has 0 aliphatic heterocycles. The SMILES string of the molecule is c1ccc(-c2ccc3sc(-c4ccc5c6ccc(-c7nc8cc(-c9ccccc9)ccc8s7)cc6n(-c6ccc(-c7ccc8ccccc8c7)cc6)c5c4)nc3c2)cc1. The minimum atomic E-state index is 1.01. The van der Waals surface area contributed by atoms with Gasteiger partial charge in [0.2, 0.25) is 0 Å². The highest BCUT2D eigenvalue weighted by atomic mass is 32.1. The molecule has 5 heteroatoms. The number of fused-ring (bicyclic) bond motifs is 6. The third-order valence-corrected chi connectivity index (χ3v) is 13.6. The average molecular weight is 788 g/mol. The van der Waals surface area contributed by atoms with Crippen LogP contribution in [-0.2, 0) is 0 Å². The molecule has 0 N–H and O–H groups in total. The monoisotopic (exact) mass is 787 g/mol. The fraction of sp³-hybridized carbons (Fsp3) is 0. The van der Waals surface area contributed by atoms with Crippen molar-refractivity contribution in [1.29, 1.82) is 0 Å². The van der Waals surface area contributed by atoms with Crippen molar-refractivity contribution in [3.05, 3.63) is 200 Å². The molecule has 3 nitrogen and oxygen atoms in total. The van der Waals surface area contributed by atoms with Crippen LogP contribution in [-0.4, -0.2) is 14.5 Å². The largest absolute Gasteiger partial charge is 0.309 e. The van der Waals surface area contributed by atoms with Gasteiger partial charge in [-0.2, -0.15) is 0 Å². The molecule has 0 saturated carbocycles. The fourth-order valence-corrected chi connectivity index (χ4v) is 10.3. The number of rotatable bonds is 6. The molecular weight excluding hydrogens is 755 g/mol. The van der Waals surface area contributed by atoms with Crippen LogP contribution in [0.1, 0.15) is 0 Å². The van der Waals surface area contributed by atoms with Gasteiger partial charge in [0.1, 0.15) is 10.0 Å². The van der Waals surface area contributed by atoms with Gasteiger partial charge in [-0.1, -0.05) is 146 Å². The van der Waals surface area contributed by atoms with E-state index in [-0.39, 0.29) is 0 Å². The summed E-state index contributed by atoms with van der Waals surface area (Å²) in [5, 5.41) is 6.94. The van der Waals surface area contributed by atoms with Crippen LogP contribution in [0.3, 0.4) is 0 Å². The summed E-state index contributed by atoms with van der Waals surface area (Å²) in [6, 6.07) is 72.2. The summed E-state index contributed by atoms with van der Waals surface area (Å²) in [5.74, 6) is 0. The first-order valence-electron chi connectivity index (χ1n) is 19.8. The van der Waals surface area contributed by atoms with Crippen molar-refractivity contribution in [3.63, 3.8) is 0 Å². The maximum absolute atomic E-state index is 5.20. The highest BCUT2D eigenvalue weighted by Gasteiger charge is 2.18. The Morgan fingerprint density at radius 3 is 1.32 bits per heavy atom. The maximum atomic E-state index is 5.20. The summed E-state index contributed by atoms with van der Waals surface area (Å²) in [4.78, 5) is 10.4. The Morgan fingerprint density at radius 2 is 0.763 bits per heavy atom. The number of aromatic nitrogens is 3. The van der Waals surface area contributed by atoms with Crippen LogP contribution in [0.4, 0.5) is 0 Å². The summed E-state index contributed by atoms with van der Waals surface area (Å²) >= 11 is 3.49. The molecule has 12 aromatic rings. The molecule has 0 saturated heterocycles. The summed E-state index contributed by atoms with van der Waals surface area (Å²) in [5.41, 5.74) is 14.8. The minimum Gasteiger partial charge on any atom is -0.309 e. The van der Waals surface area contributed by atoms with Gasteiger partial charge in [-0.15, -0.1) is 22.7 Å². The topological polar surface area (TPSA) is 30.7 Å². The lowest BCUT2D eigenvalue weighted by Crippen LogP contribution is -1.94. The lowest BCUT2D eigenvalue weighted by Gasteiger charge is -2.11. The standard InChI is InChI=1S/C54H33N3S2/c1-3-9-34(10-4-1)40-21-27-51-47(30-40)55-53(58-51)42-19-25-45-46-26-20-43(54-56-48-31-41(22-28-52(48)59-54)35-11-5-2-6-12-35)33-50(46)57(49(45)32-42)44-23-17-37(18-24-44)39-16-15-36-13-7-8-14-38(36)29-39/h1-33H. The third-order valence-electron chi connectivity index (χ3n) is 11.5. The Kier molecular flexibility index (Phi) is 7.90. The van der Waals surface area contributed by atoms with Crippen LogP contribution >= 0.6 is 22.7 Å². The molecule has 3 heterocycles. The van der Waals surface area contributed by atoms with Crippen LogP contribution in [0.15, 0.2) is 200 Å². The molecule has 0 atom stereocenters. The van der Waals surface area contributed by atoms with Crippen molar-refractivity contribution < 1.29 is 0 Å². The predicted octanol–water partition coefficient (Wildman–Crippen LogP) is 15.5. The Labute approximate surface area is 348 Å². The van der Waals surface area contributed by atoms with Gasteiger partial charge >= 0.3 is 0 Å². The zero-order valence-electron chi connectivity index (χ0n) is 31.7. The van der Waals surface area contributed by atoms with E-state index in [1.165, 1.54) is 64.3 Å². The quantitative estimate of drug-likeness (QED) is 0.168. The number of benzene rings is 9. The third kappa shape index (κ3) is 5.94. The van der Waals surface area contributed by atoms with Crippen LogP contribution in [0.25, 0.3) is 113 Å². The van der Waals surface area contributed by atoms with E-state index in [9.17, 15) is 0 Å². The van der Waals surface area contributed by atoms with Gasteiger partial charge < -0.3 is 4.57 Å². The zero-order chi connectivity index (χ0) is 38.9. The van der Waals surface area contributed by atoms with E-state index >= 15 is 0 Å². The van der Waals surface area contributed by atoms with Crippen molar-refractivity contribution in [3.8, 4) is 60.2 Å². The lowest BCUT2D eigenvalue weighted by molar-refractivity contribution is 1.18. The number of nitrogens with zero attached hydrogens (tertiary/aromatic N) is 3. The second kappa shape index (κ2) is 13.7. The molecule has 0 spiro atoms. The molecule has 9 aromatic carbocycles. The number of hydrogen-bond acceptors (Lipinski definition) is 4. The van der Waals surface area contributed by atoms with E-state index < -0.39 is 0 Å². The van der Waals surface area contributed by atoms with E-state index in [1.807, 2.05) is 0 Å². The Bertz CT molecular complexity index is 3370. The first-order chi connectivity index (χ1) is 29.2. The molecular formula is C54H33N3S2. The van der Waals surface area contributed by atoms with Crippen molar-refractivity contribution >= 4 is 75.7 Å². The molecule has 0 bridgehead atoms. The smallest absolute Gasteiger partial charge is 0.124 e. The van der Waals surface area contributed by atoms with Gasteiger partial charge in [0, 0.05) is 27.6 Å². The van der Waals surface area contributed by atoms with Gasteiger partial charge in [-0.05, 0) is 98.8 Å². The van der Waals surface area contributed by atoms with Crippen LogP contribution in [0, 0.1) is 0 Å². The first-order valence-corrected chi connectivity index (χ1v) is 21.4. The molecule has 3 aromatic heterocycles. The molecule has 0 amide bonds. The normalized spacial score (nSPS) is 11.7. The van der Waals surface area contributed by atoms with E-state index in [1.54, 1.807) is 22.7 Å². The van der Waals surface area contributed by atoms with E-state index in [0.717, 1.165) is 48.9 Å². The van der Waals surface area contributed by atoms with Crippen molar-refractivity contribution in [2.75, 3.05) is 0 Å². The highest BCUT2D eigenvalue weighted by Crippen LogP contribution is 2.41. The molecule has 0 aliphatic carbocycles. The first kappa shape index (κ1) is 33.9. The van der Waals surface area contributed by atoms with Gasteiger partial charge in [-0.3, -0.25) is 0 Å². The molecule has 0 fully saturated rings. The highest BCUT2D eigenvalue weighted by molar-refractivity contribution is 7.22. The maximum Gasteiger partial charge on any atom is 0.124 e. The van der Waals surface area contributed by atoms with Crippen molar-refractivity contribution in [2.45, 2.75) is 0 Å². The summed E-state index contributed by atoms with van der Waals surface area (Å²) in [6.45, 7) is 0. The summed E-state index contributed by atoms with van der Waals surface area (Å²) < 4.78 is 4.78. The van der Waals surface area contributed by atoms with E-state index in [2.05, 4.69) is 205 Å². The molecule has 276 valence electrons. The molecule has 59 heavy (non-hydrogen) atoms. The van der Waals surface area contributed by atoms with Crippen molar-refractivity contribution in [1.82, 2.24) is 14.5 Å². The Morgan fingerprint density at radius 1 is 0.322 bits per heavy atom. The number of thiazole rings is 2. The lowest BCUT2D eigenvalue weighted by atomic mass is 10.0. The van der Waals surface area contributed by atoms with E-state index in [0.29, 0.717) is 0 Å². The molecule has 0 unspecified atom stereocenters. The second-order valence-electron chi connectivity index (χ2n) is 15.0. The van der Waals surface area contributed by atoms with Crippen molar-refractivity contribution in [2.24, 2.45) is 0 Å². The predicted molar refractivity (Wildman–Crippen MR) is 252 cm³/mol. The van der Waals surface area contributed by atoms with Gasteiger partial charge in [0.25, 0.3) is 0 Å². The molecule has 12 rings (SSSR count). The average Bonchev–Trinajstić information content (AvgIpc) is 4.02.